The first kappa shape index (κ1) is 17.7. The Morgan fingerprint density at radius 3 is 2.83 bits per heavy atom. The Balaban J connectivity index is 1.87. The van der Waals surface area contributed by atoms with Gasteiger partial charge in [0, 0.05) is 4.88 Å². The molecule has 0 aliphatic carbocycles. The van der Waals surface area contributed by atoms with Crippen LogP contribution in [-0.4, -0.2) is 18.7 Å². The quantitative estimate of drug-likeness (QED) is 0.580. The van der Waals surface area contributed by atoms with Crippen LogP contribution in [0.3, 0.4) is 0 Å². The number of rotatable bonds is 6. The highest BCUT2D eigenvalue weighted by molar-refractivity contribution is 9.11. The topological polar surface area (TPSA) is 50.7 Å². The Morgan fingerprint density at radius 1 is 1.39 bits per heavy atom. The van der Waals surface area contributed by atoms with Crippen molar-refractivity contribution in [3.63, 3.8) is 0 Å². The van der Waals surface area contributed by atoms with Gasteiger partial charge in [0.1, 0.15) is 5.75 Å². The number of carbonyl (C=O) groups excluding carboxylic acids is 1. The van der Waals surface area contributed by atoms with Crippen LogP contribution in [0.15, 0.2) is 39.2 Å². The molecule has 1 aromatic carbocycles. The van der Waals surface area contributed by atoms with E-state index in [0.717, 1.165) is 20.0 Å². The molecule has 2 aromatic rings. The van der Waals surface area contributed by atoms with E-state index in [-0.39, 0.29) is 12.5 Å². The van der Waals surface area contributed by atoms with E-state index in [9.17, 15) is 4.79 Å². The SMILES string of the molecule is Cc1ccc(C(C)C)cc1OCC(=O)N/N=C\c1ccc(Br)s1. The van der Waals surface area contributed by atoms with Crippen molar-refractivity contribution in [1.29, 1.82) is 0 Å². The Labute approximate surface area is 148 Å². The van der Waals surface area contributed by atoms with Gasteiger partial charge in [-0.3, -0.25) is 4.79 Å². The summed E-state index contributed by atoms with van der Waals surface area (Å²) in [6.45, 7) is 6.15. The predicted molar refractivity (Wildman–Crippen MR) is 98.5 cm³/mol. The van der Waals surface area contributed by atoms with Gasteiger partial charge in [0.25, 0.3) is 5.91 Å². The van der Waals surface area contributed by atoms with Crippen LogP contribution < -0.4 is 10.2 Å². The summed E-state index contributed by atoms with van der Waals surface area (Å²) in [4.78, 5) is 12.7. The average Bonchev–Trinajstić information content (AvgIpc) is 2.91. The van der Waals surface area contributed by atoms with Crippen molar-refractivity contribution in [2.24, 2.45) is 5.10 Å². The Morgan fingerprint density at radius 2 is 2.17 bits per heavy atom. The van der Waals surface area contributed by atoms with Crippen LogP contribution >= 0.6 is 27.3 Å². The van der Waals surface area contributed by atoms with Gasteiger partial charge in [-0.2, -0.15) is 5.10 Å². The van der Waals surface area contributed by atoms with Crippen molar-refractivity contribution in [2.75, 3.05) is 6.61 Å². The zero-order chi connectivity index (χ0) is 16.8. The van der Waals surface area contributed by atoms with Gasteiger partial charge in [0.05, 0.1) is 10.0 Å². The van der Waals surface area contributed by atoms with E-state index in [4.69, 9.17) is 4.74 Å². The van der Waals surface area contributed by atoms with Crippen LogP contribution in [0.4, 0.5) is 0 Å². The third-order valence-electron chi connectivity index (χ3n) is 3.21. The summed E-state index contributed by atoms with van der Waals surface area (Å²) in [6.07, 6.45) is 1.61. The van der Waals surface area contributed by atoms with Crippen molar-refractivity contribution in [3.8, 4) is 5.75 Å². The molecular weight excluding hydrogens is 376 g/mol. The molecule has 122 valence electrons. The summed E-state index contributed by atoms with van der Waals surface area (Å²) in [6, 6.07) is 9.93. The van der Waals surface area contributed by atoms with Gasteiger partial charge in [-0.25, -0.2) is 5.43 Å². The molecule has 0 saturated heterocycles. The molecule has 2 rings (SSSR count). The number of benzene rings is 1. The van der Waals surface area contributed by atoms with Gasteiger partial charge in [-0.15, -0.1) is 11.3 Å². The number of hydrazone groups is 1. The first-order chi connectivity index (χ1) is 11.0. The first-order valence-electron chi connectivity index (χ1n) is 7.26. The van der Waals surface area contributed by atoms with Crippen LogP contribution in [0.5, 0.6) is 5.75 Å². The van der Waals surface area contributed by atoms with E-state index < -0.39 is 0 Å². The average molecular weight is 395 g/mol. The number of nitrogens with zero attached hydrogens (tertiary/aromatic N) is 1. The summed E-state index contributed by atoms with van der Waals surface area (Å²) in [5, 5.41) is 3.92. The minimum Gasteiger partial charge on any atom is -0.483 e. The molecule has 0 bridgehead atoms. The minimum atomic E-state index is -0.286. The lowest BCUT2D eigenvalue weighted by atomic mass is 10.0. The largest absolute Gasteiger partial charge is 0.483 e. The van der Waals surface area contributed by atoms with Gasteiger partial charge >= 0.3 is 0 Å². The highest BCUT2D eigenvalue weighted by Gasteiger charge is 2.07. The molecule has 1 N–H and O–H groups in total. The second-order valence-electron chi connectivity index (χ2n) is 5.40. The predicted octanol–water partition coefficient (Wildman–Crippen LogP) is 4.47. The zero-order valence-electron chi connectivity index (χ0n) is 13.3. The molecular formula is C17H19BrN2O2S. The highest BCUT2D eigenvalue weighted by atomic mass is 79.9. The standard InChI is InChI=1S/C17H19BrN2O2S/c1-11(2)13-5-4-12(3)15(8-13)22-10-17(21)20-19-9-14-6-7-16(18)23-14/h4-9,11H,10H2,1-3H3,(H,20,21)/b19-9-. The van der Waals surface area contributed by atoms with E-state index in [1.165, 1.54) is 5.56 Å². The lowest BCUT2D eigenvalue weighted by molar-refractivity contribution is -0.123. The fraction of sp³-hybridized carbons (Fsp3) is 0.294. The van der Waals surface area contributed by atoms with E-state index in [1.807, 2.05) is 31.2 Å². The van der Waals surface area contributed by atoms with E-state index in [2.05, 4.69) is 46.4 Å². The number of amides is 1. The lowest BCUT2D eigenvalue weighted by Crippen LogP contribution is -2.24. The molecule has 0 unspecified atom stereocenters. The number of ether oxygens (including phenoxy) is 1. The third kappa shape index (κ3) is 5.48. The molecule has 23 heavy (non-hydrogen) atoms. The molecule has 0 fully saturated rings. The maximum Gasteiger partial charge on any atom is 0.277 e. The normalized spacial score (nSPS) is 11.2. The zero-order valence-corrected chi connectivity index (χ0v) is 15.7. The number of hydrogen-bond donors (Lipinski definition) is 1. The van der Waals surface area contributed by atoms with E-state index >= 15 is 0 Å². The van der Waals surface area contributed by atoms with Crippen LogP contribution in [0, 0.1) is 6.92 Å². The number of nitrogens with one attached hydrogen (secondary N) is 1. The molecule has 0 radical (unpaired) electrons. The molecule has 1 amide bonds. The first-order valence-corrected chi connectivity index (χ1v) is 8.87. The fourth-order valence-electron chi connectivity index (χ4n) is 1.87. The molecule has 0 aliphatic rings. The van der Waals surface area contributed by atoms with E-state index in [0.29, 0.717) is 5.92 Å². The molecule has 1 heterocycles. The number of hydrogen-bond acceptors (Lipinski definition) is 4. The second kappa shape index (κ2) is 8.26. The Bertz CT molecular complexity index is 710. The van der Waals surface area contributed by atoms with Crippen LogP contribution in [0.2, 0.25) is 0 Å². The summed E-state index contributed by atoms with van der Waals surface area (Å²) < 4.78 is 6.63. The fourth-order valence-corrected chi connectivity index (χ4v) is 3.17. The summed E-state index contributed by atoms with van der Waals surface area (Å²) >= 11 is 4.92. The molecule has 0 aliphatic heterocycles. The second-order valence-corrected chi connectivity index (χ2v) is 7.90. The smallest absolute Gasteiger partial charge is 0.277 e. The van der Waals surface area contributed by atoms with Gasteiger partial charge in [0.15, 0.2) is 6.61 Å². The van der Waals surface area contributed by atoms with Crippen LogP contribution in [0.25, 0.3) is 0 Å². The number of carbonyl (C=O) groups is 1. The van der Waals surface area contributed by atoms with Crippen LogP contribution in [-0.2, 0) is 4.79 Å². The lowest BCUT2D eigenvalue weighted by Gasteiger charge is -2.12. The van der Waals surface area contributed by atoms with Crippen molar-refractivity contribution < 1.29 is 9.53 Å². The van der Waals surface area contributed by atoms with Gasteiger partial charge < -0.3 is 4.74 Å². The highest BCUT2D eigenvalue weighted by Crippen LogP contribution is 2.24. The maximum absolute atomic E-state index is 11.8. The van der Waals surface area contributed by atoms with Crippen molar-refractivity contribution >= 4 is 39.4 Å². The molecule has 0 saturated carbocycles. The van der Waals surface area contributed by atoms with Gasteiger partial charge in [-0.1, -0.05) is 26.0 Å². The van der Waals surface area contributed by atoms with Gasteiger partial charge in [-0.05, 0) is 58.1 Å². The molecule has 0 spiro atoms. The molecule has 1 aromatic heterocycles. The number of thiophene rings is 1. The van der Waals surface area contributed by atoms with E-state index in [1.54, 1.807) is 17.6 Å². The summed E-state index contributed by atoms with van der Waals surface area (Å²) in [7, 11) is 0. The summed E-state index contributed by atoms with van der Waals surface area (Å²) in [5.74, 6) is 0.866. The third-order valence-corrected chi connectivity index (χ3v) is 4.77. The Hall–Kier alpha value is -1.66. The molecule has 6 heteroatoms. The number of aryl methyl sites for hydroxylation is 1. The maximum atomic E-state index is 11.8. The van der Waals surface area contributed by atoms with Crippen molar-refractivity contribution in [2.45, 2.75) is 26.7 Å². The molecule has 4 nitrogen and oxygen atoms in total. The Kier molecular flexibility index (Phi) is 6.36. The monoisotopic (exact) mass is 394 g/mol. The molecule has 0 atom stereocenters. The van der Waals surface area contributed by atoms with Gasteiger partial charge in [0.2, 0.25) is 0 Å². The minimum absolute atomic E-state index is 0.0616. The van der Waals surface area contributed by atoms with Crippen molar-refractivity contribution in [1.82, 2.24) is 5.43 Å². The summed E-state index contributed by atoms with van der Waals surface area (Å²) in [5.41, 5.74) is 4.66. The van der Waals surface area contributed by atoms with Crippen LogP contribution in [0.1, 0.15) is 35.8 Å². The van der Waals surface area contributed by atoms with Crippen molar-refractivity contribution in [3.05, 3.63) is 50.1 Å². The number of halogens is 1.